The molecule has 0 amide bonds. The molecule has 0 aromatic rings. The Morgan fingerprint density at radius 2 is 2.22 bits per heavy atom. The van der Waals surface area contributed by atoms with Gasteiger partial charge in [-0.3, -0.25) is 0 Å². The molecule has 0 bridgehead atoms. The number of nitrogens with one attached hydrogen (secondary N) is 1. The van der Waals surface area contributed by atoms with Gasteiger partial charge in [0, 0.05) is 6.42 Å². The summed E-state index contributed by atoms with van der Waals surface area (Å²) in [6.07, 6.45) is 2.53. The second-order valence-corrected chi connectivity index (χ2v) is 1.64. The molecule has 52 valence electrons. The standard InChI is InChI=1S/C6H9F2N/c1-3-4-5(9-2)6(7)8/h1,5-6,9H,4H2,2H3. The highest BCUT2D eigenvalue weighted by molar-refractivity contribution is 4.90. The fourth-order valence-electron chi connectivity index (χ4n) is 0.444. The van der Waals surface area contributed by atoms with Crippen molar-refractivity contribution < 1.29 is 8.78 Å². The van der Waals surface area contributed by atoms with E-state index in [2.05, 4.69) is 11.2 Å². The number of halogens is 2. The van der Waals surface area contributed by atoms with Gasteiger partial charge < -0.3 is 5.32 Å². The van der Waals surface area contributed by atoms with Crippen LogP contribution in [0, 0.1) is 12.3 Å². The van der Waals surface area contributed by atoms with Gasteiger partial charge in [-0.25, -0.2) is 8.78 Å². The van der Waals surface area contributed by atoms with Crippen LogP contribution in [0.15, 0.2) is 0 Å². The summed E-state index contributed by atoms with van der Waals surface area (Å²) in [6.45, 7) is 0. The number of hydrogen-bond donors (Lipinski definition) is 1. The minimum Gasteiger partial charge on any atom is -0.311 e. The van der Waals surface area contributed by atoms with Crippen LogP contribution in [-0.2, 0) is 0 Å². The van der Waals surface area contributed by atoms with E-state index in [-0.39, 0.29) is 6.42 Å². The topological polar surface area (TPSA) is 12.0 Å². The number of terminal acetylenes is 1. The Hall–Kier alpha value is -0.620. The fraction of sp³-hybridized carbons (Fsp3) is 0.667. The monoisotopic (exact) mass is 133 g/mol. The molecule has 1 unspecified atom stereocenters. The highest BCUT2D eigenvalue weighted by Crippen LogP contribution is 2.02. The van der Waals surface area contributed by atoms with E-state index in [0.717, 1.165) is 0 Å². The SMILES string of the molecule is C#CCC(NC)C(F)F. The smallest absolute Gasteiger partial charge is 0.254 e. The van der Waals surface area contributed by atoms with Crippen LogP contribution < -0.4 is 5.32 Å². The number of rotatable bonds is 3. The highest BCUT2D eigenvalue weighted by Gasteiger charge is 2.15. The molecule has 0 fully saturated rings. The molecule has 0 aliphatic rings. The second-order valence-electron chi connectivity index (χ2n) is 1.64. The Morgan fingerprint density at radius 1 is 1.67 bits per heavy atom. The van der Waals surface area contributed by atoms with E-state index >= 15 is 0 Å². The van der Waals surface area contributed by atoms with E-state index in [1.54, 1.807) is 0 Å². The van der Waals surface area contributed by atoms with Crippen LogP contribution in [0.2, 0.25) is 0 Å². The third-order valence-corrected chi connectivity index (χ3v) is 1.01. The fourth-order valence-corrected chi connectivity index (χ4v) is 0.444. The zero-order valence-corrected chi connectivity index (χ0v) is 5.20. The molecule has 0 aromatic carbocycles. The molecule has 9 heavy (non-hydrogen) atoms. The zero-order valence-electron chi connectivity index (χ0n) is 5.20. The predicted octanol–water partition coefficient (Wildman–Crippen LogP) is 0.863. The Morgan fingerprint density at radius 3 is 2.33 bits per heavy atom. The molecule has 3 heteroatoms. The lowest BCUT2D eigenvalue weighted by atomic mass is 10.2. The van der Waals surface area contributed by atoms with Crippen molar-refractivity contribution in [1.82, 2.24) is 5.32 Å². The van der Waals surface area contributed by atoms with E-state index < -0.39 is 12.5 Å². The third kappa shape index (κ3) is 3.04. The third-order valence-electron chi connectivity index (χ3n) is 1.01. The molecule has 0 rings (SSSR count). The highest BCUT2D eigenvalue weighted by atomic mass is 19.3. The first-order valence-corrected chi connectivity index (χ1v) is 2.61. The molecular weight excluding hydrogens is 124 g/mol. The van der Waals surface area contributed by atoms with Crippen LogP contribution in [0.5, 0.6) is 0 Å². The van der Waals surface area contributed by atoms with Crippen molar-refractivity contribution in [3.8, 4) is 12.3 Å². The van der Waals surface area contributed by atoms with Crippen LogP contribution in [0.3, 0.4) is 0 Å². The van der Waals surface area contributed by atoms with Gasteiger partial charge in [0.05, 0.1) is 6.04 Å². The molecular formula is C6H9F2N. The Bertz CT molecular complexity index is 106. The van der Waals surface area contributed by atoms with Gasteiger partial charge >= 0.3 is 0 Å². The Labute approximate surface area is 53.4 Å². The van der Waals surface area contributed by atoms with E-state index in [1.165, 1.54) is 7.05 Å². The summed E-state index contributed by atoms with van der Waals surface area (Å²) < 4.78 is 23.5. The van der Waals surface area contributed by atoms with Gasteiger partial charge in [0.2, 0.25) is 0 Å². The lowest BCUT2D eigenvalue weighted by Crippen LogP contribution is -2.31. The van der Waals surface area contributed by atoms with Crippen molar-refractivity contribution in [1.29, 1.82) is 0 Å². The first-order valence-electron chi connectivity index (χ1n) is 2.61. The molecule has 0 saturated heterocycles. The van der Waals surface area contributed by atoms with Gasteiger partial charge in [-0.05, 0) is 7.05 Å². The van der Waals surface area contributed by atoms with Crippen molar-refractivity contribution in [3.63, 3.8) is 0 Å². The van der Waals surface area contributed by atoms with Gasteiger partial charge in [0.15, 0.2) is 0 Å². The quantitative estimate of drug-likeness (QED) is 0.563. The summed E-state index contributed by atoms with van der Waals surface area (Å²) in [7, 11) is 1.47. The second kappa shape index (κ2) is 4.28. The Balaban J connectivity index is 3.57. The van der Waals surface area contributed by atoms with Crippen LogP contribution in [0.1, 0.15) is 6.42 Å². The van der Waals surface area contributed by atoms with Gasteiger partial charge in [-0.1, -0.05) is 0 Å². The molecule has 0 aliphatic carbocycles. The average molecular weight is 133 g/mol. The maximum Gasteiger partial charge on any atom is 0.254 e. The summed E-state index contributed by atoms with van der Waals surface area (Å²) in [5.41, 5.74) is 0. The van der Waals surface area contributed by atoms with Gasteiger partial charge in [-0.15, -0.1) is 12.3 Å². The molecule has 1 N–H and O–H groups in total. The van der Waals surface area contributed by atoms with Gasteiger partial charge in [-0.2, -0.15) is 0 Å². The molecule has 0 heterocycles. The maximum absolute atomic E-state index is 11.7. The first kappa shape index (κ1) is 8.38. The molecule has 0 aromatic heterocycles. The minimum absolute atomic E-state index is 0.0775. The summed E-state index contributed by atoms with van der Waals surface area (Å²) in [5, 5.41) is 2.41. The van der Waals surface area contributed by atoms with E-state index in [1.807, 2.05) is 0 Å². The van der Waals surface area contributed by atoms with Gasteiger partial charge in [0.1, 0.15) is 0 Å². The Kier molecular flexibility index (Phi) is 3.98. The van der Waals surface area contributed by atoms with Crippen LogP contribution >= 0.6 is 0 Å². The molecule has 0 saturated carbocycles. The minimum atomic E-state index is -2.37. The normalized spacial score (nSPS) is 13.2. The van der Waals surface area contributed by atoms with Crippen molar-refractivity contribution >= 4 is 0 Å². The van der Waals surface area contributed by atoms with Crippen LogP contribution in [0.4, 0.5) is 8.78 Å². The summed E-state index contributed by atoms with van der Waals surface area (Å²) in [4.78, 5) is 0. The molecule has 0 aliphatic heterocycles. The average Bonchev–Trinajstić information content (AvgIpc) is 1.82. The molecule has 1 nitrogen and oxygen atoms in total. The van der Waals surface area contributed by atoms with Crippen molar-refractivity contribution in [3.05, 3.63) is 0 Å². The zero-order chi connectivity index (χ0) is 7.28. The van der Waals surface area contributed by atoms with Crippen LogP contribution in [0.25, 0.3) is 0 Å². The molecule has 1 atom stereocenters. The lowest BCUT2D eigenvalue weighted by Gasteiger charge is -2.10. The number of hydrogen-bond acceptors (Lipinski definition) is 1. The van der Waals surface area contributed by atoms with E-state index in [0.29, 0.717) is 0 Å². The van der Waals surface area contributed by atoms with E-state index in [4.69, 9.17) is 6.42 Å². The lowest BCUT2D eigenvalue weighted by molar-refractivity contribution is 0.104. The van der Waals surface area contributed by atoms with Gasteiger partial charge in [0.25, 0.3) is 6.43 Å². The largest absolute Gasteiger partial charge is 0.311 e. The summed E-state index contributed by atoms with van der Waals surface area (Å²) >= 11 is 0. The van der Waals surface area contributed by atoms with Crippen molar-refractivity contribution in [2.24, 2.45) is 0 Å². The van der Waals surface area contributed by atoms with Crippen molar-refractivity contribution in [2.75, 3.05) is 7.05 Å². The predicted molar refractivity (Wildman–Crippen MR) is 32.3 cm³/mol. The van der Waals surface area contributed by atoms with Crippen molar-refractivity contribution in [2.45, 2.75) is 18.9 Å². The number of alkyl halides is 2. The molecule has 0 radical (unpaired) electrons. The van der Waals surface area contributed by atoms with Crippen LogP contribution in [-0.4, -0.2) is 19.5 Å². The van der Waals surface area contributed by atoms with E-state index in [9.17, 15) is 8.78 Å². The molecule has 0 spiro atoms. The maximum atomic E-state index is 11.7. The summed E-state index contributed by atoms with van der Waals surface area (Å²) in [5.74, 6) is 2.16. The first-order chi connectivity index (χ1) is 4.22. The summed E-state index contributed by atoms with van der Waals surface area (Å²) in [6, 6.07) is -0.852.